The molecule has 0 radical (unpaired) electrons. The summed E-state index contributed by atoms with van der Waals surface area (Å²) in [6.45, 7) is 1.58. The quantitative estimate of drug-likeness (QED) is 0.831. The molecule has 1 heterocycles. The second-order valence-electron chi connectivity index (χ2n) is 3.46. The first-order chi connectivity index (χ1) is 7.88. The van der Waals surface area contributed by atoms with E-state index in [1.807, 2.05) is 0 Å². The van der Waals surface area contributed by atoms with Crippen molar-refractivity contribution in [2.45, 2.75) is 13.1 Å². The number of hydrogen-bond acceptors (Lipinski definition) is 2. The van der Waals surface area contributed by atoms with Crippen LogP contribution < -0.4 is 5.69 Å². The Labute approximate surface area is 93.7 Å². The Morgan fingerprint density at radius 1 is 1.24 bits per heavy atom. The molecule has 0 bridgehead atoms. The van der Waals surface area contributed by atoms with Crippen molar-refractivity contribution in [3.8, 4) is 5.69 Å². The molecule has 0 atom stereocenters. The van der Waals surface area contributed by atoms with Gasteiger partial charge in [-0.25, -0.2) is 14.6 Å². The lowest BCUT2D eigenvalue weighted by molar-refractivity contribution is -0.137. The molecule has 0 spiro atoms. The van der Waals surface area contributed by atoms with E-state index in [1.165, 1.54) is 16.8 Å². The van der Waals surface area contributed by atoms with E-state index in [0.717, 1.165) is 12.1 Å². The lowest BCUT2D eigenvalue weighted by Crippen LogP contribution is -2.07. The van der Waals surface area contributed by atoms with Gasteiger partial charge in [-0.2, -0.15) is 18.2 Å². The van der Waals surface area contributed by atoms with Gasteiger partial charge in [-0.05, 0) is 31.2 Å². The molecule has 0 saturated carbocycles. The van der Waals surface area contributed by atoms with Crippen LogP contribution in [0.2, 0.25) is 0 Å². The van der Waals surface area contributed by atoms with Crippen molar-refractivity contribution in [1.29, 1.82) is 0 Å². The molecule has 0 aliphatic heterocycles. The van der Waals surface area contributed by atoms with E-state index in [1.54, 1.807) is 6.92 Å². The van der Waals surface area contributed by atoms with Gasteiger partial charge >= 0.3 is 11.9 Å². The lowest BCUT2D eigenvalue weighted by Gasteiger charge is -2.08. The van der Waals surface area contributed by atoms with Crippen molar-refractivity contribution in [2.75, 3.05) is 0 Å². The van der Waals surface area contributed by atoms with Gasteiger partial charge in [-0.3, -0.25) is 0 Å². The molecule has 1 N–H and O–H groups in total. The SMILES string of the molecule is Cc1nc(=O)[nH]n1-c1ccc(C(F)(F)F)cc1. The highest BCUT2D eigenvalue weighted by atomic mass is 19.4. The predicted octanol–water partition coefficient (Wildman–Crippen LogP) is 1.89. The summed E-state index contributed by atoms with van der Waals surface area (Å²) in [5, 5.41) is 2.39. The van der Waals surface area contributed by atoms with Crippen molar-refractivity contribution < 1.29 is 13.2 Å². The Morgan fingerprint density at radius 3 is 2.24 bits per heavy atom. The number of hydrogen-bond donors (Lipinski definition) is 1. The van der Waals surface area contributed by atoms with E-state index in [-0.39, 0.29) is 0 Å². The van der Waals surface area contributed by atoms with Crippen LogP contribution in [0.3, 0.4) is 0 Å². The van der Waals surface area contributed by atoms with Crippen LogP contribution >= 0.6 is 0 Å². The Morgan fingerprint density at radius 2 is 1.82 bits per heavy atom. The fraction of sp³-hybridized carbons (Fsp3) is 0.200. The second kappa shape index (κ2) is 3.76. The topological polar surface area (TPSA) is 50.7 Å². The Bertz CT molecular complexity index is 580. The molecular formula is C10H8F3N3O. The number of alkyl halides is 3. The molecule has 0 amide bonds. The zero-order valence-corrected chi connectivity index (χ0v) is 8.75. The van der Waals surface area contributed by atoms with Gasteiger partial charge in [0, 0.05) is 0 Å². The van der Waals surface area contributed by atoms with Gasteiger partial charge in [0.25, 0.3) is 0 Å². The number of H-pyrrole nitrogens is 1. The Balaban J connectivity index is 2.43. The van der Waals surface area contributed by atoms with Gasteiger partial charge in [-0.1, -0.05) is 0 Å². The van der Waals surface area contributed by atoms with Gasteiger partial charge in [0.15, 0.2) is 0 Å². The molecule has 2 rings (SSSR count). The molecule has 2 aromatic rings. The first-order valence-corrected chi connectivity index (χ1v) is 4.71. The molecule has 4 nitrogen and oxygen atoms in total. The first kappa shape index (κ1) is 11.4. The van der Waals surface area contributed by atoms with E-state index < -0.39 is 17.4 Å². The fourth-order valence-corrected chi connectivity index (χ4v) is 1.45. The molecule has 0 aliphatic carbocycles. The summed E-state index contributed by atoms with van der Waals surface area (Å²) in [4.78, 5) is 14.5. The second-order valence-corrected chi connectivity index (χ2v) is 3.46. The van der Waals surface area contributed by atoms with Gasteiger partial charge in [0.2, 0.25) is 0 Å². The number of nitrogens with zero attached hydrogens (tertiary/aromatic N) is 2. The number of aryl methyl sites for hydroxylation is 1. The van der Waals surface area contributed by atoms with Crippen LogP contribution in [0.15, 0.2) is 29.1 Å². The maximum atomic E-state index is 12.3. The van der Waals surface area contributed by atoms with E-state index in [2.05, 4.69) is 10.1 Å². The third-order valence-corrected chi connectivity index (χ3v) is 2.25. The molecule has 90 valence electrons. The van der Waals surface area contributed by atoms with Gasteiger partial charge in [0.1, 0.15) is 5.82 Å². The molecule has 1 aromatic heterocycles. The molecule has 1 aromatic carbocycles. The van der Waals surface area contributed by atoms with Crippen LogP contribution in [0.4, 0.5) is 13.2 Å². The Kier molecular flexibility index (Phi) is 2.53. The van der Waals surface area contributed by atoms with E-state index in [4.69, 9.17) is 0 Å². The largest absolute Gasteiger partial charge is 0.416 e. The molecule has 0 aliphatic rings. The number of nitrogens with one attached hydrogen (secondary N) is 1. The van der Waals surface area contributed by atoms with Crippen LogP contribution in [0, 0.1) is 6.92 Å². The summed E-state index contributed by atoms with van der Waals surface area (Å²) < 4.78 is 38.3. The zero-order chi connectivity index (χ0) is 12.6. The number of aromatic nitrogens is 3. The van der Waals surface area contributed by atoms with Crippen molar-refractivity contribution in [2.24, 2.45) is 0 Å². The fourth-order valence-electron chi connectivity index (χ4n) is 1.45. The minimum atomic E-state index is -4.37. The van der Waals surface area contributed by atoms with E-state index in [9.17, 15) is 18.0 Å². The number of rotatable bonds is 1. The summed E-state index contributed by atoms with van der Waals surface area (Å²) in [6.07, 6.45) is -4.37. The van der Waals surface area contributed by atoms with Crippen molar-refractivity contribution in [3.05, 3.63) is 46.1 Å². The summed E-state index contributed by atoms with van der Waals surface area (Å²) in [6, 6.07) is 4.45. The predicted molar refractivity (Wildman–Crippen MR) is 53.9 cm³/mol. The summed E-state index contributed by atoms with van der Waals surface area (Å²) >= 11 is 0. The summed E-state index contributed by atoms with van der Waals surface area (Å²) in [5.74, 6) is 0.384. The highest BCUT2D eigenvalue weighted by Gasteiger charge is 2.30. The molecule has 17 heavy (non-hydrogen) atoms. The average molecular weight is 243 g/mol. The molecule has 0 unspecified atom stereocenters. The maximum absolute atomic E-state index is 12.3. The van der Waals surface area contributed by atoms with Gasteiger partial charge in [0.05, 0.1) is 11.3 Å². The van der Waals surface area contributed by atoms with Crippen molar-refractivity contribution >= 4 is 0 Å². The van der Waals surface area contributed by atoms with Crippen LogP contribution in [0.1, 0.15) is 11.4 Å². The number of halogens is 3. The van der Waals surface area contributed by atoms with Gasteiger partial charge < -0.3 is 0 Å². The van der Waals surface area contributed by atoms with E-state index >= 15 is 0 Å². The summed E-state index contributed by atoms with van der Waals surface area (Å²) in [7, 11) is 0. The standard InChI is InChI=1S/C10H8F3N3O/c1-6-14-9(17)15-16(6)8-4-2-7(3-5-8)10(11,12)13/h2-5H,1H3,(H,15,17). The molecule has 0 fully saturated rings. The lowest BCUT2D eigenvalue weighted by atomic mass is 10.2. The highest BCUT2D eigenvalue weighted by Crippen LogP contribution is 2.29. The molecule has 7 heteroatoms. The number of benzene rings is 1. The molecule has 0 saturated heterocycles. The summed E-state index contributed by atoms with van der Waals surface area (Å²) in [5.41, 5.74) is -0.853. The van der Waals surface area contributed by atoms with Gasteiger partial charge in [-0.15, -0.1) is 0 Å². The zero-order valence-electron chi connectivity index (χ0n) is 8.75. The van der Waals surface area contributed by atoms with Crippen LogP contribution in [-0.4, -0.2) is 14.8 Å². The van der Waals surface area contributed by atoms with E-state index in [0.29, 0.717) is 11.5 Å². The minimum Gasteiger partial charge on any atom is -0.244 e. The number of aromatic amines is 1. The smallest absolute Gasteiger partial charge is 0.244 e. The van der Waals surface area contributed by atoms with Crippen molar-refractivity contribution in [3.63, 3.8) is 0 Å². The average Bonchev–Trinajstić information content (AvgIpc) is 2.57. The Hall–Kier alpha value is -2.05. The third-order valence-electron chi connectivity index (χ3n) is 2.25. The van der Waals surface area contributed by atoms with Crippen LogP contribution in [-0.2, 0) is 6.18 Å². The minimum absolute atomic E-state index is 0.384. The monoisotopic (exact) mass is 243 g/mol. The normalized spacial score (nSPS) is 11.8. The highest BCUT2D eigenvalue weighted by molar-refractivity contribution is 5.35. The maximum Gasteiger partial charge on any atom is 0.416 e. The molecular weight excluding hydrogens is 235 g/mol. The third kappa shape index (κ3) is 2.22. The van der Waals surface area contributed by atoms with Crippen LogP contribution in [0.25, 0.3) is 5.69 Å². The van der Waals surface area contributed by atoms with Crippen molar-refractivity contribution in [1.82, 2.24) is 14.8 Å². The first-order valence-electron chi connectivity index (χ1n) is 4.71. The van der Waals surface area contributed by atoms with Crippen LogP contribution in [0.5, 0.6) is 0 Å².